The Balaban J connectivity index is 1.54. The number of carbonyl (C=O) groups excluding carboxylic acids is 2. The molecule has 0 heterocycles. The molecule has 0 bridgehead atoms. The van der Waals surface area contributed by atoms with Gasteiger partial charge in [-0.2, -0.15) is 0 Å². The first-order valence-electron chi connectivity index (χ1n) is 13.0. The van der Waals surface area contributed by atoms with Crippen molar-refractivity contribution in [1.29, 1.82) is 0 Å². The number of carboxylic acids is 2. The van der Waals surface area contributed by atoms with Crippen molar-refractivity contribution < 1.29 is 53.3 Å². The smallest absolute Gasteiger partial charge is 0.339 e. The number of carboxylic acid groups (broad SMARTS) is 2. The molecule has 0 aliphatic rings. The summed E-state index contributed by atoms with van der Waals surface area (Å²) >= 11 is 0. The summed E-state index contributed by atoms with van der Waals surface area (Å²) in [6.07, 6.45) is 0. The van der Waals surface area contributed by atoms with Gasteiger partial charge in [-0.1, -0.05) is 48.5 Å². The molecule has 4 aromatic carbocycles. The molecule has 4 N–H and O–H groups in total. The van der Waals surface area contributed by atoms with Gasteiger partial charge in [0.2, 0.25) is 0 Å². The minimum Gasteiger partial charge on any atom is -0.478 e. The molecule has 44 heavy (non-hydrogen) atoms. The third-order valence-corrected chi connectivity index (χ3v) is 7.83. The van der Waals surface area contributed by atoms with Crippen molar-refractivity contribution in [2.45, 2.75) is 36.2 Å². The number of ether oxygens (including phenoxy) is 2. The molecule has 0 aromatic heterocycles. The summed E-state index contributed by atoms with van der Waals surface area (Å²) in [6, 6.07) is 20.1. The van der Waals surface area contributed by atoms with Crippen molar-refractivity contribution in [3.63, 3.8) is 0 Å². The van der Waals surface area contributed by atoms with Gasteiger partial charge in [-0.25, -0.2) is 23.4 Å². The van der Waals surface area contributed by atoms with Gasteiger partial charge in [-0.3, -0.25) is 0 Å². The number of aliphatic hydroxyl groups excluding tert-OH is 2. The monoisotopic (exact) mass is 618 g/mol. The predicted octanol–water partition coefficient (Wildman–Crippen LogP) is 3.95. The van der Waals surface area contributed by atoms with E-state index in [1.54, 1.807) is 48.5 Å². The fourth-order valence-corrected chi connectivity index (χ4v) is 5.16. The van der Waals surface area contributed by atoms with E-state index < -0.39 is 40.2 Å². The summed E-state index contributed by atoms with van der Waals surface area (Å²) in [4.78, 5) is 49.3. The second-order valence-electron chi connectivity index (χ2n) is 9.40. The molecule has 0 fully saturated rings. The molecule has 0 saturated heterocycles. The lowest BCUT2D eigenvalue weighted by atomic mass is 10.1. The lowest BCUT2D eigenvalue weighted by molar-refractivity contribution is 0.0457. The second-order valence-corrected chi connectivity index (χ2v) is 10.9. The third kappa shape index (κ3) is 7.61. The van der Waals surface area contributed by atoms with Crippen molar-refractivity contribution in [2.75, 3.05) is 0 Å². The van der Waals surface area contributed by atoms with E-state index in [1.807, 2.05) is 0 Å². The zero-order valence-corrected chi connectivity index (χ0v) is 23.8. The van der Waals surface area contributed by atoms with Gasteiger partial charge in [0.25, 0.3) is 0 Å². The molecule has 11 nitrogen and oxygen atoms in total. The Bertz CT molecular complexity index is 1730. The van der Waals surface area contributed by atoms with E-state index in [0.717, 1.165) is 24.3 Å². The highest BCUT2D eigenvalue weighted by molar-refractivity contribution is 7.85. The fraction of sp³-hybridized carbons (Fsp3) is 0.125. The van der Waals surface area contributed by atoms with Crippen LogP contribution in [-0.2, 0) is 46.7 Å². The minimum atomic E-state index is -2.08. The molecule has 0 radical (unpaired) electrons. The van der Waals surface area contributed by atoms with Crippen LogP contribution < -0.4 is 0 Å². The fourth-order valence-electron chi connectivity index (χ4n) is 4.06. The predicted molar refractivity (Wildman–Crippen MR) is 154 cm³/mol. The lowest BCUT2D eigenvalue weighted by Crippen LogP contribution is -2.14. The van der Waals surface area contributed by atoms with E-state index in [2.05, 4.69) is 0 Å². The van der Waals surface area contributed by atoms with E-state index >= 15 is 0 Å². The Morgan fingerprint density at radius 3 is 1.34 bits per heavy atom. The van der Waals surface area contributed by atoms with Crippen LogP contribution in [0.5, 0.6) is 0 Å². The number of hydrogen-bond acceptors (Lipinski definition) is 9. The summed E-state index contributed by atoms with van der Waals surface area (Å²) in [7, 11) is -2.08. The first-order chi connectivity index (χ1) is 21.1. The van der Waals surface area contributed by atoms with Crippen LogP contribution in [0.1, 0.15) is 63.7 Å². The number of rotatable bonds is 12. The number of hydrogen-bond donors (Lipinski definition) is 4. The summed E-state index contributed by atoms with van der Waals surface area (Å²) in [5, 5.41) is 37.7. The number of esters is 2. The highest BCUT2D eigenvalue weighted by Crippen LogP contribution is 2.24. The molecule has 1 atom stereocenters. The van der Waals surface area contributed by atoms with E-state index in [0.29, 0.717) is 22.3 Å². The normalized spacial score (nSPS) is 11.4. The van der Waals surface area contributed by atoms with Crippen LogP contribution in [0.3, 0.4) is 0 Å². The van der Waals surface area contributed by atoms with Crippen LogP contribution in [0.2, 0.25) is 0 Å². The Morgan fingerprint density at radius 2 is 0.909 bits per heavy atom. The number of aromatic carboxylic acids is 2. The molecule has 0 spiro atoms. The summed E-state index contributed by atoms with van der Waals surface area (Å²) < 4.78 is 23.9. The first-order valence-corrected chi connectivity index (χ1v) is 14.1. The number of carbonyl (C=O) groups is 4. The summed E-state index contributed by atoms with van der Waals surface area (Å²) in [5.74, 6) is -4.79. The molecular weight excluding hydrogens is 592 g/mol. The van der Waals surface area contributed by atoms with Crippen LogP contribution in [-0.4, -0.2) is 48.5 Å². The molecule has 4 aromatic rings. The van der Waals surface area contributed by atoms with Gasteiger partial charge in [-0.05, 0) is 58.7 Å². The molecule has 1 unspecified atom stereocenters. The van der Waals surface area contributed by atoms with Crippen molar-refractivity contribution in [2.24, 2.45) is 0 Å². The Hall–Kier alpha value is -5.17. The van der Waals surface area contributed by atoms with Crippen LogP contribution in [0.25, 0.3) is 0 Å². The van der Waals surface area contributed by atoms with Crippen molar-refractivity contribution in [3.05, 3.63) is 129 Å². The van der Waals surface area contributed by atoms with Gasteiger partial charge >= 0.3 is 23.9 Å². The van der Waals surface area contributed by atoms with Crippen molar-refractivity contribution in [3.8, 4) is 0 Å². The molecule has 226 valence electrons. The van der Waals surface area contributed by atoms with Crippen molar-refractivity contribution in [1.82, 2.24) is 0 Å². The maximum Gasteiger partial charge on any atom is 0.339 e. The molecular formula is C32H26O11S. The molecule has 0 aliphatic carbocycles. The van der Waals surface area contributed by atoms with Crippen LogP contribution >= 0.6 is 0 Å². The molecule has 4 rings (SSSR count). The van der Waals surface area contributed by atoms with Crippen LogP contribution in [0.4, 0.5) is 0 Å². The molecule has 0 amide bonds. The van der Waals surface area contributed by atoms with E-state index in [-0.39, 0.29) is 52.9 Å². The summed E-state index contributed by atoms with van der Waals surface area (Å²) in [5.41, 5.74) is 1.04. The van der Waals surface area contributed by atoms with Gasteiger partial charge in [0, 0.05) is 9.79 Å². The number of benzene rings is 4. The standard InChI is InChI=1S/C32H26O11S/c33-15-19-1-5-21(6-2-19)17-42-31(39)26-12-10-23(13-27(26)30(37)38)44(41)24-9-11-25(29(35)36)28(14-24)32(40)43-18-22-7-3-20(16-34)4-8-22/h1-14,33-34H,15-18H2,(H,35,36)(H,37,38). The SMILES string of the molecule is O=C(O)c1cc(S(=O)c2ccc(C(=O)O)c(C(=O)OCc3ccc(CO)cc3)c2)ccc1C(=O)OCc1ccc(CO)cc1. The van der Waals surface area contributed by atoms with E-state index in [1.165, 1.54) is 12.1 Å². The van der Waals surface area contributed by atoms with Crippen LogP contribution in [0, 0.1) is 0 Å². The maximum atomic E-state index is 13.4. The molecule has 0 saturated carbocycles. The van der Waals surface area contributed by atoms with Gasteiger partial charge in [0.05, 0.1) is 46.3 Å². The van der Waals surface area contributed by atoms with Gasteiger partial charge < -0.3 is 29.9 Å². The highest BCUT2D eigenvalue weighted by Gasteiger charge is 2.23. The molecule has 0 aliphatic heterocycles. The maximum absolute atomic E-state index is 13.4. The third-order valence-electron chi connectivity index (χ3n) is 6.46. The molecule has 12 heteroatoms. The average molecular weight is 619 g/mol. The lowest BCUT2D eigenvalue weighted by Gasteiger charge is -2.12. The zero-order valence-electron chi connectivity index (χ0n) is 23.0. The Labute approximate surface area is 253 Å². The van der Waals surface area contributed by atoms with Crippen LogP contribution in [0.15, 0.2) is 94.7 Å². The first kappa shape index (κ1) is 31.8. The second kappa shape index (κ2) is 14.3. The van der Waals surface area contributed by atoms with Gasteiger partial charge in [0.1, 0.15) is 13.2 Å². The highest BCUT2D eigenvalue weighted by atomic mass is 32.2. The Morgan fingerprint density at radius 1 is 0.523 bits per heavy atom. The quantitative estimate of drug-likeness (QED) is 0.169. The minimum absolute atomic E-state index is 0.00719. The summed E-state index contributed by atoms with van der Waals surface area (Å²) in [6.45, 7) is -0.647. The van der Waals surface area contributed by atoms with Gasteiger partial charge in [-0.15, -0.1) is 0 Å². The topological polar surface area (TPSA) is 185 Å². The van der Waals surface area contributed by atoms with E-state index in [4.69, 9.17) is 19.7 Å². The largest absolute Gasteiger partial charge is 0.478 e. The van der Waals surface area contributed by atoms with E-state index in [9.17, 15) is 33.6 Å². The van der Waals surface area contributed by atoms with Gasteiger partial charge in [0.15, 0.2) is 0 Å². The zero-order chi connectivity index (χ0) is 31.8. The average Bonchev–Trinajstić information content (AvgIpc) is 3.05. The number of aliphatic hydroxyl groups is 2. The van der Waals surface area contributed by atoms with Crippen molar-refractivity contribution >= 4 is 34.7 Å². The Kier molecular flexibility index (Phi) is 10.3.